The molecule has 6 nitrogen and oxygen atoms in total. The fourth-order valence-electron chi connectivity index (χ4n) is 2.45. The summed E-state index contributed by atoms with van der Waals surface area (Å²) in [6, 6.07) is 4.01. The SMILES string of the molecule is Cc1nc(-n2ncc(C(=O)CCc3cccs3)c2C)[nH]c(=O)c1C. The number of Topliss-reactive ketones (excluding diaryl/α,β-unsaturated/α-hetero) is 1. The van der Waals surface area contributed by atoms with Gasteiger partial charge in [-0.15, -0.1) is 11.3 Å². The minimum atomic E-state index is -0.196. The molecule has 3 aromatic rings. The zero-order chi connectivity index (χ0) is 17.3. The Bertz CT molecular complexity index is 938. The lowest BCUT2D eigenvalue weighted by atomic mass is 10.1. The molecule has 0 aliphatic rings. The minimum absolute atomic E-state index is 0.0401. The van der Waals surface area contributed by atoms with Crippen LogP contribution in [0.4, 0.5) is 0 Å². The Labute approximate surface area is 143 Å². The highest BCUT2D eigenvalue weighted by molar-refractivity contribution is 7.09. The molecule has 0 spiro atoms. The largest absolute Gasteiger partial charge is 0.294 e. The summed E-state index contributed by atoms with van der Waals surface area (Å²) in [6.45, 7) is 5.31. The molecular formula is C17H18N4O2S. The van der Waals surface area contributed by atoms with Gasteiger partial charge in [0.1, 0.15) is 0 Å². The summed E-state index contributed by atoms with van der Waals surface area (Å²) >= 11 is 1.65. The molecule has 0 aliphatic carbocycles. The van der Waals surface area contributed by atoms with Gasteiger partial charge in [0.25, 0.3) is 5.56 Å². The van der Waals surface area contributed by atoms with Gasteiger partial charge in [-0.2, -0.15) is 5.10 Å². The molecule has 3 aromatic heterocycles. The van der Waals surface area contributed by atoms with Crippen LogP contribution in [0, 0.1) is 20.8 Å². The van der Waals surface area contributed by atoms with Crippen molar-refractivity contribution < 1.29 is 4.79 Å². The standard InChI is InChI=1S/C17H18N4O2S/c1-10-11(2)19-17(20-16(10)23)21-12(3)14(9-18-21)15(22)7-6-13-5-4-8-24-13/h4-5,8-9H,6-7H2,1-3H3,(H,19,20,23). The number of nitrogens with one attached hydrogen (secondary N) is 1. The Kier molecular flexibility index (Phi) is 4.44. The van der Waals surface area contributed by atoms with Crippen molar-refractivity contribution in [2.75, 3.05) is 0 Å². The third-order valence-electron chi connectivity index (χ3n) is 4.07. The number of thiophene rings is 1. The number of ketones is 1. The van der Waals surface area contributed by atoms with Crippen molar-refractivity contribution in [1.82, 2.24) is 19.7 Å². The predicted octanol–water partition coefficient (Wildman–Crippen LogP) is 2.76. The molecule has 1 N–H and O–H groups in total. The molecule has 7 heteroatoms. The maximum Gasteiger partial charge on any atom is 0.255 e. The summed E-state index contributed by atoms with van der Waals surface area (Å²) in [7, 11) is 0. The molecule has 3 rings (SSSR count). The zero-order valence-electron chi connectivity index (χ0n) is 13.8. The second kappa shape index (κ2) is 6.52. The Hall–Kier alpha value is -2.54. The van der Waals surface area contributed by atoms with Crippen molar-refractivity contribution in [3.05, 3.63) is 61.5 Å². The van der Waals surface area contributed by atoms with Crippen LogP contribution in [0.1, 0.15) is 38.6 Å². The van der Waals surface area contributed by atoms with Crippen LogP contribution in [-0.4, -0.2) is 25.5 Å². The van der Waals surface area contributed by atoms with Gasteiger partial charge >= 0.3 is 0 Å². The Morgan fingerprint density at radius 3 is 2.79 bits per heavy atom. The Balaban J connectivity index is 1.86. The van der Waals surface area contributed by atoms with E-state index in [0.29, 0.717) is 34.9 Å². The third-order valence-corrected chi connectivity index (χ3v) is 5.01. The topological polar surface area (TPSA) is 80.6 Å². The second-order valence-corrected chi connectivity index (χ2v) is 6.69. The van der Waals surface area contributed by atoms with E-state index in [9.17, 15) is 9.59 Å². The van der Waals surface area contributed by atoms with E-state index in [1.165, 1.54) is 9.56 Å². The first-order chi connectivity index (χ1) is 11.5. The van der Waals surface area contributed by atoms with Gasteiger partial charge in [-0.05, 0) is 38.6 Å². The van der Waals surface area contributed by atoms with Gasteiger partial charge in [0, 0.05) is 22.6 Å². The van der Waals surface area contributed by atoms with Crippen LogP contribution in [0.3, 0.4) is 0 Å². The molecule has 124 valence electrons. The van der Waals surface area contributed by atoms with Crippen LogP contribution in [0.2, 0.25) is 0 Å². The number of carbonyl (C=O) groups is 1. The molecule has 0 aliphatic heterocycles. The molecule has 0 saturated heterocycles. The number of aromatic nitrogens is 4. The molecular weight excluding hydrogens is 324 g/mol. The Morgan fingerprint density at radius 2 is 2.12 bits per heavy atom. The van der Waals surface area contributed by atoms with Crippen LogP contribution >= 0.6 is 11.3 Å². The monoisotopic (exact) mass is 342 g/mol. The molecule has 0 fully saturated rings. The van der Waals surface area contributed by atoms with Crippen molar-refractivity contribution in [2.24, 2.45) is 0 Å². The molecule has 0 unspecified atom stereocenters. The summed E-state index contributed by atoms with van der Waals surface area (Å²) in [5, 5.41) is 6.23. The number of nitrogens with zero attached hydrogens (tertiary/aromatic N) is 3. The normalized spacial score (nSPS) is 11.0. The molecule has 0 saturated carbocycles. The fraction of sp³-hybridized carbons (Fsp3) is 0.294. The first kappa shape index (κ1) is 16.3. The first-order valence-electron chi connectivity index (χ1n) is 7.65. The lowest BCUT2D eigenvalue weighted by molar-refractivity contribution is 0.0982. The number of aryl methyl sites for hydroxylation is 2. The van der Waals surface area contributed by atoms with Crippen LogP contribution in [0.5, 0.6) is 0 Å². The van der Waals surface area contributed by atoms with E-state index in [0.717, 1.165) is 6.42 Å². The van der Waals surface area contributed by atoms with Crippen LogP contribution in [0.15, 0.2) is 28.5 Å². The first-order valence-corrected chi connectivity index (χ1v) is 8.53. The summed E-state index contributed by atoms with van der Waals surface area (Å²) in [5.41, 5.74) is 2.27. The quantitative estimate of drug-likeness (QED) is 0.723. The minimum Gasteiger partial charge on any atom is -0.294 e. The van der Waals surface area contributed by atoms with Crippen molar-refractivity contribution in [3.8, 4) is 5.95 Å². The molecule has 0 aromatic carbocycles. The van der Waals surface area contributed by atoms with Gasteiger partial charge in [-0.25, -0.2) is 9.67 Å². The van der Waals surface area contributed by atoms with E-state index in [4.69, 9.17) is 0 Å². The van der Waals surface area contributed by atoms with Gasteiger partial charge in [0.15, 0.2) is 5.78 Å². The van der Waals surface area contributed by atoms with Crippen molar-refractivity contribution in [2.45, 2.75) is 33.6 Å². The number of rotatable bonds is 5. The molecule has 0 atom stereocenters. The molecule has 0 radical (unpaired) electrons. The van der Waals surface area contributed by atoms with Crippen molar-refractivity contribution in [3.63, 3.8) is 0 Å². The summed E-state index contributed by atoms with van der Waals surface area (Å²) in [6.07, 6.45) is 2.70. The number of hydrogen-bond acceptors (Lipinski definition) is 5. The number of H-pyrrole nitrogens is 1. The van der Waals surface area contributed by atoms with Gasteiger partial charge in [0.05, 0.1) is 17.5 Å². The molecule has 0 amide bonds. The molecule has 24 heavy (non-hydrogen) atoms. The van der Waals surface area contributed by atoms with Crippen molar-refractivity contribution in [1.29, 1.82) is 0 Å². The molecule has 3 heterocycles. The maximum absolute atomic E-state index is 12.5. The van der Waals surface area contributed by atoms with E-state index in [2.05, 4.69) is 15.1 Å². The number of hydrogen-bond donors (Lipinski definition) is 1. The summed E-state index contributed by atoms with van der Waals surface area (Å²) in [4.78, 5) is 32.6. The lowest BCUT2D eigenvalue weighted by Gasteiger charge is -2.06. The van der Waals surface area contributed by atoms with Gasteiger partial charge in [-0.1, -0.05) is 6.07 Å². The smallest absolute Gasteiger partial charge is 0.255 e. The van der Waals surface area contributed by atoms with Gasteiger partial charge < -0.3 is 0 Å². The van der Waals surface area contributed by atoms with E-state index in [1.54, 1.807) is 38.3 Å². The van der Waals surface area contributed by atoms with Crippen LogP contribution in [-0.2, 0) is 6.42 Å². The van der Waals surface area contributed by atoms with E-state index in [1.807, 2.05) is 17.5 Å². The van der Waals surface area contributed by atoms with Gasteiger partial charge in [0.2, 0.25) is 5.95 Å². The Morgan fingerprint density at radius 1 is 1.33 bits per heavy atom. The predicted molar refractivity (Wildman–Crippen MR) is 93.2 cm³/mol. The van der Waals surface area contributed by atoms with Gasteiger partial charge in [-0.3, -0.25) is 14.6 Å². The third kappa shape index (κ3) is 3.07. The number of aromatic amines is 1. The highest BCUT2D eigenvalue weighted by Gasteiger charge is 2.17. The highest BCUT2D eigenvalue weighted by Crippen LogP contribution is 2.16. The second-order valence-electron chi connectivity index (χ2n) is 5.66. The fourth-order valence-corrected chi connectivity index (χ4v) is 3.16. The van der Waals surface area contributed by atoms with Crippen LogP contribution < -0.4 is 5.56 Å². The van der Waals surface area contributed by atoms with E-state index in [-0.39, 0.29) is 11.3 Å². The average Bonchev–Trinajstić information content (AvgIpc) is 3.19. The summed E-state index contributed by atoms with van der Waals surface area (Å²) < 4.78 is 1.51. The average molecular weight is 342 g/mol. The van der Waals surface area contributed by atoms with E-state index < -0.39 is 0 Å². The highest BCUT2D eigenvalue weighted by atomic mass is 32.1. The lowest BCUT2D eigenvalue weighted by Crippen LogP contribution is -2.18. The number of carbonyl (C=O) groups excluding carboxylic acids is 1. The van der Waals surface area contributed by atoms with Crippen LogP contribution in [0.25, 0.3) is 5.95 Å². The summed E-state index contributed by atoms with van der Waals surface area (Å²) in [5.74, 6) is 0.372. The maximum atomic E-state index is 12.5. The zero-order valence-corrected chi connectivity index (χ0v) is 14.6. The van der Waals surface area contributed by atoms with Crippen molar-refractivity contribution >= 4 is 17.1 Å². The molecule has 0 bridgehead atoms. The van der Waals surface area contributed by atoms with E-state index >= 15 is 0 Å².